The molecule has 4 rings (SSSR count). The Labute approximate surface area is 213 Å². The second-order valence-corrected chi connectivity index (χ2v) is 8.95. The van der Waals surface area contributed by atoms with E-state index in [1.807, 2.05) is 59.2 Å². The van der Waals surface area contributed by atoms with Crippen molar-refractivity contribution in [2.24, 2.45) is 0 Å². The van der Waals surface area contributed by atoms with Crippen LogP contribution in [0.15, 0.2) is 78.0 Å². The van der Waals surface area contributed by atoms with Gasteiger partial charge in [-0.3, -0.25) is 4.79 Å². The summed E-state index contributed by atoms with van der Waals surface area (Å²) in [6.07, 6.45) is 0. The summed E-state index contributed by atoms with van der Waals surface area (Å²) >= 11 is 7.88. The smallest absolute Gasteiger partial charge is 0.255 e. The van der Waals surface area contributed by atoms with Gasteiger partial charge in [0.05, 0.1) is 32.9 Å². The minimum Gasteiger partial charge on any atom is -0.497 e. The maximum absolute atomic E-state index is 12.9. The topological polar surface area (TPSA) is 78.3 Å². The molecule has 1 aromatic heterocycles. The van der Waals surface area contributed by atoms with Crippen LogP contribution in [0.25, 0.3) is 0 Å². The van der Waals surface area contributed by atoms with Gasteiger partial charge in [-0.1, -0.05) is 71.9 Å². The predicted molar refractivity (Wildman–Crippen MR) is 137 cm³/mol. The quantitative estimate of drug-likeness (QED) is 0.296. The predicted octanol–water partition coefficient (Wildman–Crippen LogP) is 5.22. The first-order valence-corrected chi connectivity index (χ1v) is 12.3. The van der Waals surface area contributed by atoms with Crippen molar-refractivity contribution < 1.29 is 14.3 Å². The van der Waals surface area contributed by atoms with E-state index in [-0.39, 0.29) is 12.5 Å². The zero-order valence-electron chi connectivity index (χ0n) is 19.4. The Morgan fingerprint density at radius 2 is 1.77 bits per heavy atom. The van der Waals surface area contributed by atoms with Gasteiger partial charge in [0.2, 0.25) is 0 Å². The fourth-order valence-corrected chi connectivity index (χ4v) is 4.72. The number of benzene rings is 3. The van der Waals surface area contributed by atoms with Crippen LogP contribution < -0.4 is 14.8 Å². The Balaban J connectivity index is 1.53. The first-order valence-electron chi connectivity index (χ1n) is 10.9. The summed E-state index contributed by atoms with van der Waals surface area (Å²) in [5.74, 6) is 2.08. The largest absolute Gasteiger partial charge is 0.497 e. The highest BCUT2D eigenvalue weighted by atomic mass is 35.5. The molecule has 3 aromatic carbocycles. The SMILES string of the molecule is COc1ccc(C(=O)NCc2nnc(SCc3ccccc3Cl)n2Cc2ccccc2)c(OC)c1. The molecule has 0 aliphatic heterocycles. The molecule has 1 heterocycles. The second-order valence-electron chi connectivity index (χ2n) is 7.60. The van der Waals surface area contributed by atoms with Crippen molar-refractivity contribution in [3.63, 3.8) is 0 Å². The first kappa shape index (κ1) is 24.6. The molecule has 0 atom stereocenters. The summed E-state index contributed by atoms with van der Waals surface area (Å²) < 4.78 is 12.6. The van der Waals surface area contributed by atoms with Gasteiger partial charge in [0, 0.05) is 16.8 Å². The average molecular weight is 509 g/mol. The third-order valence-corrected chi connectivity index (χ3v) is 6.74. The lowest BCUT2D eigenvalue weighted by molar-refractivity contribution is 0.0946. The third-order valence-electron chi connectivity index (χ3n) is 5.35. The Hall–Kier alpha value is -3.49. The molecule has 0 bridgehead atoms. The fourth-order valence-electron chi connectivity index (χ4n) is 3.48. The lowest BCUT2D eigenvalue weighted by Gasteiger charge is -2.13. The van der Waals surface area contributed by atoms with Crippen LogP contribution in [-0.2, 0) is 18.8 Å². The molecule has 0 fully saturated rings. The fraction of sp³-hybridized carbons (Fsp3) is 0.192. The highest BCUT2D eigenvalue weighted by molar-refractivity contribution is 7.98. The summed E-state index contributed by atoms with van der Waals surface area (Å²) in [4.78, 5) is 12.9. The van der Waals surface area contributed by atoms with Gasteiger partial charge < -0.3 is 19.4 Å². The number of methoxy groups -OCH3 is 2. The van der Waals surface area contributed by atoms with Gasteiger partial charge in [-0.15, -0.1) is 10.2 Å². The molecule has 180 valence electrons. The highest BCUT2D eigenvalue weighted by Gasteiger charge is 2.17. The van der Waals surface area contributed by atoms with E-state index in [1.165, 1.54) is 7.11 Å². The van der Waals surface area contributed by atoms with E-state index in [4.69, 9.17) is 21.1 Å². The van der Waals surface area contributed by atoms with Gasteiger partial charge in [0.1, 0.15) is 11.5 Å². The molecule has 7 nitrogen and oxygen atoms in total. The Bertz CT molecular complexity index is 1300. The minimum absolute atomic E-state index is 0.209. The highest BCUT2D eigenvalue weighted by Crippen LogP contribution is 2.27. The van der Waals surface area contributed by atoms with E-state index in [1.54, 1.807) is 37.1 Å². The summed E-state index contributed by atoms with van der Waals surface area (Å²) in [5, 5.41) is 13.2. The van der Waals surface area contributed by atoms with Gasteiger partial charge in [0.15, 0.2) is 11.0 Å². The van der Waals surface area contributed by atoms with Crippen LogP contribution in [0.5, 0.6) is 11.5 Å². The van der Waals surface area contributed by atoms with Crippen molar-refractivity contribution in [3.05, 3.63) is 100 Å². The second kappa shape index (κ2) is 11.8. The lowest BCUT2D eigenvalue weighted by atomic mass is 10.1. The van der Waals surface area contributed by atoms with Crippen molar-refractivity contribution in [2.75, 3.05) is 14.2 Å². The summed E-state index contributed by atoms with van der Waals surface area (Å²) in [5.41, 5.74) is 2.54. The number of hydrogen-bond donors (Lipinski definition) is 1. The maximum Gasteiger partial charge on any atom is 0.255 e. The van der Waals surface area contributed by atoms with Crippen molar-refractivity contribution in [1.82, 2.24) is 20.1 Å². The van der Waals surface area contributed by atoms with Gasteiger partial charge in [-0.05, 0) is 29.3 Å². The molecule has 1 N–H and O–H groups in total. The standard InChI is InChI=1S/C26H25ClN4O3S/c1-33-20-12-13-21(23(14-20)34-2)25(32)28-15-24-29-30-26(31(24)16-18-8-4-3-5-9-18)35-17-19-10-6-7-11-22(19)27/h3-14H,15-17H2,1-2H3,(H,28,32). The zero-order chi connectivity index (χ0) is 24.6. The Morgan fingerprint density at radius 1 is 1.00 bits per heavy atom. The molecule has 0 radical (unpaired) electrons. The van der Waals surface area contributed by atoms with E-state index in [2.05, 4.69) is 15.5 Å². The molecule has 0 aliphatic carbocycles. The number of amides is 1. The number of rotatable bonds is 10. The number of thioether (sulfide) groups is 1. The van der Waals surface area contributed by atoms with Gasteiger partial charge in [0.25, 0.3) is 5.91 Å². The number of ether oxygens (including phenoxy) is 2. The van der Waals surface area contributed by atoms with Gasteiger partial charge >= 0.3 is 0 Å². The average Bonchev–Trinajstić information content (AvgIpc) is 3.27. The van der Waals surface area contributed by atoms with Gasteiger partial charge in [-0.2, -0.15) is 0 Å². The van der Waals surface area contributed by atoms with Crippen LogP contribution in [0.2, 0.25) is 5.02 Å². The minimum atomic E-state index is -0.274. The first-order chi connectivity index (χ1) is 17.1. The molecular weight excluding hydrogens is 484 g/mol. The van der Waals surface area contributed by atoms with E-state index in [9.17, 15) is 4.79 Å². The summed E-state index contributed by atoms with van der Waals surface area (Å²) in [7, 11) is 3.08. The molecule has 0 unspecified atom stereocenters. The third kappa shape index (κ3) is 6.15. The number of halogens is 1. The molecule has 0 saturated heterocycles. The number of hydrogen-bond acceptors (Lipinski definition) is 6. The van der Waals surface area contributed by atoms with Crippen LogP contribution in [-0.4, -0.2) is 34.9 Å². The van der Waals surface area contributed by atoms with Crippen LogP contribution in [0.1, 0.15) is 27.3 Å². The monoisotopic (exact) mass is 508 g/mol. The Morgan fingerprint density at radius 3 is 2.51 bits per heavy atom. The number of aromatic nitrogens is 3. The summed E-state index contributed by atoms with van der Waals surface area (Å²) in [6.45, 7) is 0.788. The molecule has 35 heavy (non-hydrogen) atoms. The molecular formula is C26H25ClN4O3S. The van der Waals surface area contributed by atoms with Gasteiger partial charge in [-0.25, -0.2) is 0 Å². The zero-order valence-corrected chi connectivity index (χ0v) is 21.0. The van der Waals surface area contributed by atoms with Crippen molar-refractivity contribution >= 4 is 29.3 Å². The van der Waals surface area contributed by atoms with E-state index >= 15 is 0 Å². The van der Waals surface area contributed by atoms with Crippen LogP contribution in [0, 0.1) is 0 Å². The van der Waals surface area contributed by atoms with E-state index in [0.717, 1.165) is 21.3 Å². The molecule has 4 aromatic rings. The normalized spacial score (nSPS) is 10.7. The lowest BCUT2D eigenvalue weighted by Crippen LogP contribution is -2.25. The molecule has 0 aliphatic rings. The van der Waals surface area contributed by atoms with Crippen molar-refractivity contribution in [1.29, 1.82) is 0 Å². The van der Waals surface area contributed by atoms with Crippen molar-refractivity contribution in [2.45, 2.75) is 24.0 Å². The summed E-state index contributed by atoms with van der Waals surface area (Å²) in [6, 6.07) is 22.9. The number of nitrogens with zero attached hydrogens (tertiary/aromatic N) is 3. The molecule has 1 amide bonds. The maximum atomic E-state index is 12.9. The van der Waals surface area contributed by atoms with Crippen LogP contribution >= 0.6 is 23.4 Å². The number of carbonyl (C=O) groups excluding carboxylic acids is 1. The van der Waals surface area contributed by atoms with Crippen LogP contribution in [0.3, 0.4) is 0 Å². The Kier molecular flexibility index (Phi) is 8.28. The van der Waals surface area contributed by atoms with E-state index in [0.29, 0.717) is 35.2 Å². The number of nitrogens with one attached hydrogen (secondary N) is 1. The van der Waals surface area contributed by atoms with Crippen molar-refractivity contribution in [3.8, 4) is 11.5 Å². The molecule has 9 heteroatoms. The molecule has 0 saturated carbocycles. The van der Waals surface area contributed by atoms with Crippen LogP contribution in [0.4, 0.5) is 0 Å². The molecule has 0 spiro atoms. The van der Waals surface area contributed by atoms with E-state index < -0.39 is 0 Å². The number of carbonyl (C=O) groups is 1.